The molecule has 0 atom stereocenters. The summed E-state index contributed by atoms with van der Waals surface area (Å²) in [5.41, 5.74) is 0.997. The molecule has 3 rings (SSSR count). The minimum absolute atomic E-state index is 0.0644. The third kappa shape index (κ3) is 2.31. The Labute approximate surface area is 119 Å². The number of carbonyl (C=O) groups excluding carboxylic acids is 2. The van der Waals surface area contributed by atoms with Crippen LogP contribution >= 0.6 is 0 Å². The molecule has 2 aromatic rings. The molecule has 0 aromatic heterocycles. The fraction of sp³-hybridized carbons (Fsp3) is 0.125. The molecule has 106 valence electrons. The number of benzene rings is 2. The Bertz CT molecular complexity index is 708. The lowest BCUT2D eigenvalue weighted by molar-refractivity contribution is 0.0655. The number of nitrogens with zero attached hydrogens (tertiary/aromatic N) is 1. The van der Waals surface area contributed by atoms with Crippen molar-refractivity contribution in [1.82, 2.24) is 4.90 Å². The van der Waals surface area contributed by atoms with Gasteiger partial charge in [0.25, 0.3) is 11.8 Å². The van der Waals surface area contributed by atoms with Crippen molar-refractivity contribution in [2.24, 2.45) is 0 Å². The average Bonchev–Trinajstić information content (AvgIpc) is 2.71. The van der Waals surface area contributed by atoms with E-state index in [-0.39, 0.29) is 30.3 Å². The molecule has 0 aliphatic carbocycles. The van der Waals surface area contributed by atoms with Gasteiger partial charge in [0.05, 0.1) is 11.1 Å². The lowest BCUT2D eigenvalue weighted by atomic mass is 10.1. The van der Waals surface area contributed by atoms with Crippen molar-refractivity contribution in [3.05, 3.63) is 70.8 Å². The van der Waals surface area contributed by atoms with Crippen molar-refractivity contribution in [3.63, 3.8) is 0 Å². The van der Waals surface area contributed by atoms with E-state index in [1.165, 1.54) is 6.07 Å². The zero-order valence-electron chi connectivity index (χ0n) is 11.0. The van der Waals surface area contributed by atoms with Crippen LogP contribution in [0, 0.1) is 11.6 Å². The lowest BCUT2D eigenvalue weighted by Crippen LogP contribution is -2.31. The number of fused-ring (bicyclic) bond motifs is 1. The molecule has 1 heterocycles. The normalized spacial score (nSPS) is 13.7. The van der Waals surface area contributed by atoms with Gasteiger partial charge in [0, 0.05) is 12.6 Å². The first-order chi connectivity index (χ1) is 10.1. The molecule has 0 saturated heterocycles. The van der Waals surface area contributed by atoms with Crippen LogP contribution in [0.2, 0.25) is 0 Å². The standard InChI is InChI=1S/C16H11F2NO2/c17-11-6-5-10(14(18)9-11)7-8-19-15(20)12-3-1-2-4-13(12)16(19)21/h1-6,9H,7-8H2. The van der Waals surface area contributed by atoms with Gasteiger partial charge in [-0.1, -0.05) is 18.2 Å². The zero-order valence-corrected chi connectivity index (χ0v) is 11.0. The van der Waals surface area contributed by atoms with E-state index < -0.39 is 11.6 Å². The maximum Gasteiger partial charge on any atom is 0.261 e. The molecule has 21 heavy (non-hydrogen) atoms. The van der Waals surface area contributed by atoms with Gasteiger partial charge < -0.3 is 0 Å². The van der Waals surface area contributed by atoms with Crippen LogP contribution in [0.3, 0.4) is 0 Å². The van der Waals surface area contributed by atoms with Crippen molar-refractivity contribution >= 4 is 11.8 Å². The van der Waals surface area contributed by atoms with Crippen molar-refractivity contribution in [2.45, 2.75) is 6.42 Å². The van der Waals surface area contributed by atoms with E-state index in [4.69, 9.17) is 0 Å². The summed E-state index contributed by atoms with van der Waals surface area (Å²) < 4.78 is 26.4. The van der Waals surface area contributed by atoms with Gasteiger partial charge in [0.1, 0.15) is 11.6 Å². The first-order valence-corrected chi connectivity index (χ1v) is 6.47. The van der Waals surface area contributed by atoms with E-state index >= 15 is 0 Å². The van der Waals surface area contributed by atoms with E-state index in [0.717, 1.165) is 17.0 Å². The quantitative estimate of drug-likeness (QED) is 0.814. The Kier molecular flexibility index (Phi) is 3.25. The number of rotatable bonds is 3. The summed E-state index contributed by atoms with van der Waals surface area (Å²) in [5, 5.41) is 0. The lowest BCUT2D eigenvalue weighted by Gasteiger charge is -2.13. The highest BCUT2D eigenvalue weighted by molar-refractivity contribution is 6.21. The van der Waals surface area contributed by atoms with Crippen LogP contribution in [0.5, 0.6) is 0 Å². The van der Waals surface area contributed by atoms with E-state index in [1.807, 2.05) is 0 Å². The second kappa shape index (κ2) is 5.09. The molecule has 0 saturated carbocycles. The largest absolute Gasteiger partial charge is 0.274 e. The number of carbonyl (C=O) groups is 2. The summed E-state index contributed by atoms with van der Waals surface area (Å²) in [7, 11) is 0. The van der Waals surface area contributed by atoms with Crippen LogP contribution in [0.15, 0.2) is 42.5 Å². The SMILES string of the molecule is O=C1c2ccccc2C(=O)N1CCc1ccc(F)cc1F. The Hall–Kier alpha value is -2.56. The summed E-state index contributed by atoms with van der Waals surface area (Å²) in [6.45, 7) is 0.0644. The number of hydrogen-bond acceptors (Lipinski definition) is 2. The number of hydrogen-bond donors (Lipinski definition) is 0. The number of imide groups is 1. The molecule has 0 bridgehead atoms. The predicted molar refractivity (Wildman–Crippen MR) is 71.9 cm³/mol. The number of amides is 2. The molecule has 0 N–H and O–H groups in total. The van der Waals surface area contributed by atoms with Gasteiger partial charge >= 0.3 is 0 Å². The topological polar surface area (TPSA) is 37.4 Å². The highest BCUT2D eigenvalue weighted by Crippen LogP contribution is 2.23. The minimum atomic E-state index is -0.674. The smallest absolute Gasteiger partial charge is 0.261 e. The van der Waals surface area contributed by atoms with Gasteiger partial charge in [-0.05, 0) is 30.2 Å². The first kappa shape index (κ1) is 13.4. The summed E-state index contributed by atoms with van der Waals surface area (Å²) in [5.74, 6) is -2.08. The van der Waals surface area contributed by atoms with Gasteiger partial charge in [0.2, 0.25) is 0 Å². The van der Waals surface area contributed by atoms with Gasteiger partial charge in [-0.25, -0.2) is 8.78 Å². The van der Waals surface area contributed by atoms with Gasteiger partial charge in [0.15, 0.2) is 0 Å². The summed E-state index contributed by atoms with van der Waals surface area (Å²) in [6, 6.07) is 9.82. The average molecular weight is 287 g/mol. The zero-order chi connectivity index (χ0) is 15.0. The molecule has 2 aromatic carbocycles. The second-order valence-corrected chi connectivity index (χ2v) is 4.79. The third-order valence-corrected chi connectivity index (χ3v) is 3.50. The van der Waals surface area contributed by atoms with E-state index in [2.05, 4.69) is 0 Å². The highest BCUT2D eigenvalue weighted by atomic mass is 19.1. The van der Waals surface area contributed by atoms with Crippen LogP contribution in [0.25, 0.3) is 0 Å². The Morgan fingerprint density at radius 1 is 0.905 bits per heavy atom. The Morgan fingerprint density at radius 3 is 2.10 bits per heavy atom. The Balaban J connectivity index is 1.78. The van der Waals surface area contributed by atoms with Crippen LogP contribution in [0.4, 0.5) is 8.78 Å². The molecule has 0 unspecified atom stereocenters. The molecule has 3 nitrogen and oxygen atoms in total. The molecular formula is C16H11F2NO2. The van der Waals surface area contributed by atoms with Crippen LogP contribution in [-0.4, -0.2) is 23.3 Å². The van der Waals surface area contributed by atoms with E-state index in [1.54, 1.807) is 24.3 Å². The summed E-state index contributed by atoms with van der Waals surface area (Å²) in [6.07, 6.45) is 0.150. The maximum absolute atomic E-state index is 13.6. The molecule has 0 radical (unpaired) electrons. The Morgan fingerprint density at radius 2 is 1.52 bits per heavy atom. The predicted octanol–water partition coefficient (Wildman–Crippen LogP) is 2.80. The minimum Gasteiger partial charge on any atom is -0.274 e. The van der Waals surface area contributed by atoms with Crippen LogP contribution in [-0.2, 0) is 6.42 Å². The van der Waals surface area contributed by atoms with Crippen molar-refractivity contribution in [3.8, 4) is 0 Å². The van der Waals surface area contributed by atoms with E-state index in [9.17, 15) is 18.4 Å². The highest BCUT2D eigenvalue weighted by Gasteiger charge is 2.34. The molecule has 0 spiro atoms. The van der Waals surface area contributed by atoms with Gasteiger partial charge in [-0.2, -0.15) is 0 Å². The summed E-state index contributed by atoms with van der Waals surface area (Å²) >= 11 is 0. The van der Waals surface area contributed by atoms with Crippen molar-refractivity contribution < 1.29 is 18.4 Å². The van der Waals surface area contributed by atoms with Crippen LogP contribution < -0.4 is 0 Å². The third-order valence-electron chi connectivity index (χ3n) is 3.50. The van der Waals surface area contributed by atoms with Gasteiger partial charge in [-0.15, -0.1) is 0 Å². The fourth-order valence-corrected chi connectivity index (χ4v) is 2.40. The van der Waals surface area contributed by atoms with Crippen molar-refractivity contribution in [2.75, 3.05) is 6.54 Å². The summed E-state index contributed by atoms with van der Waals surface area (Å²) in [4.78, 5) is 25.3. The van der Waals surface area contributed by atoms with Gasteiger partial charge in [-0.3, -0.25) is 14.5 Å². The fourth-order valence-electron chi connectivity index (χ4n) is 2.40. The monoisotopic (exact) mass is 287 g/mol. The maximum atomic E-state index is 13.6. The molecule has 0 fully saturated rings. The number of halogens is 2. The van der Waals surface area contributed by atoms with E-state index in [0.29, 0.717) is 11.1 Å². The molecule has 2 amide bonds. The molecule has 5 heteroatoms. The molecule has 1 aliphatic heterocycles. The molecule has 1 aliphatic rings. The second-order valence-electron chi connectivity index (χ2n) is 4.79. The molecular weight excluding hydrogens is 276 g/mol. The van der Waals surface area contributed by atoms with Crippen molar-refractivity contribution in [1.29, 1.82) is 0 Å². The van der Waals surface area contributed by atoms with Crippen LogP contribution in [0.1, 0.15) is 26.3 Å². The first-order valence-electron chi connectivity index (χ1n) is 6.47.